The van der Waals surface area contributed by atoms with E-state index in [0.717, 1.165) is 43.3 Å². The number of nitrogens with zero attached hydrogens (tertiary/aromatic N) is 2. The van der Waals surface area contributed by atoms with E-state index in [4.69, 9.17) is 0 Å². The molecule has 2 heterocycles. The van der Waals surface area contributed by atoms with Crippen molar-refractivity contribution in [1.82, 2.24) is 0 Å². The van der Waals surface area contributed by atoms with Gasteiger partial charge in [0.15, 0.2) is 0 Å². The second-order valence-corrected chi connectivity index (χ2v) is 12.4. The Morgan fingerprint density at radius 3 is 1.79 bits per heavy atom. The third-order valence-electron chi connectivity index (χ3n) is 8.00. The fourth-order valence-corrected chi connectivity index (χ4v) is 8.35. The van der Waals surface area contributed by atoms with Crippen LogP contribution in [0.5, 0.6) is 0 Å². The highest BCUT2D eigenvalue weighted by Crippen LogP contribution is 2.47. The summed E-state index contributed by atoms with van der Waals surface area (Å²) < 4.78 is 4.78. The standard InChI is InChI=1S/C38H20N2S2/c39-21-31-28(23-9-2-1-3-10-23)20-29(24-17-18-35-30(19-24)25-11-4-6-14-33(25)41-35)32(22-40)37(31)27-13-8-16-36-38(27)26-12-5-7-15-34(26)42-36/h1-20H. The number of fused-ring (bicyclic) bond motifs is 6. The van der Waals surface area contributed by atoms with Crippen LogP contribution in [0.25, 0.3) is 73.7 Å². The first-order valence-corrected chi connectivity index (χ1v) is 15.3. The first-order chi connectivity index (χ1) is 20.7. The summed E-state index contributed by atoms with van der Waals surface area (Å²) in [4.78, 5) is 0. The van der Waals surface area contributed by atoms with Crippen molar-refractivity contribution in [2.75, 3.05) is 0 Å². The molecular weight excluding hydrogens is 549 g/mol. The average molecular weight is 569 g/mol. The summed E-state index contributed by atoms with van der Waals surface area (Å²) in [6.45, 7) is 0. The van der Waals surface area contributed by atoms with E-state index < -0.39 is 0 Å². The fraction of sp³-hybridized carbons (Fsp3) is 0. The Morgan fingerprint density at radius 2 is 1.02 bits per heavy atom. The molecule has 0 radical (unpaired) electrons. The van der Waals surface area contributed by atoms with Gasteiger partial charge in [-0.05, 0) is 53.1 Å². The Bertz CT molecular complexity index is 2430. The third kappa shape index (κ3) is 3.67. The lowest BCUT2D eigenvalue weighted by Gasteiger charge is -2.18. The highest BCUT2D eigenvalue weighted by Gasteiger charge is 2.24. The van der Waals surface area contributed by atoms with Gasteiger partial charge in [0.2, 0.25) is 0 Å². The van der Waals surface area contributed by atoms with E-state index in [1.54, 1.807) is 22.7 Å². The maximum atomic E-state index is 10.8. The number of benzene rings is 6. The Balaban J connectivity index is 1.52. The molecule has 0 atom stereocenters. The average Bonchev–Trinajstić information content (AvgIpc) is 3.62. The first kappa shape index (κ1) is 24.5. The number of nitriles is 2. The molecule has 0 saturated carbocycles. The molecule has 6 aromatic carbocycles. The minimum Gasteiger partial charge on any atom is -0.192 e. The van der Waals surface area contributed by atoms with Crippen LogP contribution in [0.3, 0.4) is 0 Å². The van der Waals surface area contributed by atoms with Crippen LogP contribution >= 0.6 is 22.7 Å². The van der Waals surface area contributed by atoms with Crippen molar-refractivity contribution in [3.05, 3.63) is 132 Å². The summed E-state index contributed by atoms with van der Waals surface area (Å²) in [5, 5.41) is 26.2. The fourth-order valence-electron chi connectivity index (χ4n) is 6.13. The van der Waals surface area contributed by atoms with Crippen molar-refractivity contribution >= 4 is 63.0 Å². The van der Waals surface area contributed by atoms with E-state index in [0.29, 0.717) is 16.7 Å². The van der Waals surface area contributed by atoms with Crippen LogP contribution in [-0.4, -0.2) is 0 Å². The van der Waals surface area contributed by atoms with Gasteiger partial charge in [-0.2, -0.15) is 10.5 Å². The summed E-state index contributed by atoms with van der Waals surface area (Å²) in [5.74, 6) is 0. The molecule has 0 N–H and O–H groups in total. The third-order valence-corrected chi connectivity index (χ3v) is 10.3. The minimum atomic E-state index is 0.520. The van der Waals surface area contributed by atoms with Crippen molar-refractivity contribution in [2.24, 2.45) is 0 Å². The predicted molar refractivity (Wildman–Crippen MR) is 178 cm³/mol. The molecule has 0 amide bonds. The van der Waals surface area contributed by atoms with Gasteiger partial charge in [0.1, 0.15) is 12.1 Å². The van der Waals surface area contributed by atoms with Crippen LogP contribution in [-0.2, 0) is 0 Å². The van der Waals surface area contributed by atoms with E-state index >= 15 is 0 Å². The van der Waals surface area contributed by atoms with E-state index in [2.05, 4.69) is 84.9 Å². The molecular formula is C38H20N2S2. The summed E-state index contributed by atoms with van der Waals surface area (Å²) in [7, 11) is 0. The Kier molecular flexibility index (Phi) is 5.66. The Hall–Kier alpha value is -5.26. The maximum Gasteiger partial charge on any atom is 0.100 e. The topological polar surface area (TPSA) is 47.6 Å². The van der Waals surface area contributed by atoms with E-state index in [-0.39, 0.29) is 0 Å². The van der Waals surface area contributed by atoms with Gasteiger partial charge in [-0.1, -0.05) is 84.9 Å². The van der Waals surface area contributed by atoms with Crippen LogP contribution in [0.1, 0.15) is 11.1 Å². The molecule has 0 unspecified atom stereocenters. The molecule has 0 bridgehead atoms. The van der Waals surface area contributed by atoms with E-state index in [9.17, 15) is 10.5 Å². The molecule has 0 aliphatic rings. The van der Waals surface area contributed by atoms with Gasteiger partial charge in [0.05, 0.1) is 11.1 Å². The maximum absolute atomic E-state index is 10.8. The number of hydrogen-bond donors (Lipinski definition) is 0. The molecule has 0 fully saturated rings. The molecule has 2 nitrogen and oxygen atoms in total. The summed E-state index contributed by atoms with van der Waals surface area (Å²) >= 11 is 3.52. The SMILES string of the molecule is N#Cc1c(-c2ccccc2)cc(-c2ccc3sc4ccccc4c3c2)c(C#N)c1-c1cccc2sc3ccccc3c12. The molecule has 4 heteroatoms. The summed E-state index contributed by atoms with van der Waals surface area (Å²) in [6, 6.07) is 46.7. The Morgan fingerprint density at radius 1 is 0.429 bits per heavy atom. The van der Waals surface area contributed by atoms with Crippen molar-refractivity contribution in [3.8, 4) is 45.5 Å². The number of rotatable bonds is 3. The van der Waals surface area contributed by atoms with Crippen LogP contribution in [0.2, 0.25) is 0 Å². The molecule has 42 heavy (non-hydrogen) atoms. The smallest absolute Gasteiger partial charge is 0.100 e. The van der Waals surface area contributed by atoms with Gasteiger partial charge >= 0.3 is 0 Å². The second-order valence-electron chi connectivity index (χ2n) is 10.3. The van der Waals surface area contributed by atoms with Gasteiger partial charge in [-0.3, -0.25) is 0 Å². The zero-order valence-electron chi connectivity index (χ0n) is 22.3. The molecule has 8 aromatic rings. The van der Waals surface area contributed by atoms with Gasteiger partial charge in [0, 0.05) is 57.0 Å². The number of hydrogen-bond acceptors (Lipinski definition) is 4. The molecule has 194 valence electrons. The van der Waals surface area contributed by atoms with Crippen LogP contribution < -0.4 is 0 Å². The molecule has 2 aromatic heterocycles. The normalized spacial score (nSPS) is 11.3. The largest absolute Gasteiger partial charge is 0.192 e. The van der Waals surface area contributed by atoms with Gasteiger partial charge in [-0.15, -0.1) is 22.7 Å². The van der Waals surface area contributed by atoms with Crippen molar-refractivity contribution < 1.29 is 0 Å². The van der Waals surface area contributed by atoms with Crippen molar-refractivity contribution in [3.63, 3.8) is 0 Å². The summed E-state index contributed by atoms with van der Waals surface area (Å²) in [5.41, 5.74) is 6.23. The predicted octanol–water partition coefficient (Wildman–Crippen LogP) is 11.2. The molecule has 0 spiro atoms. The monoisotopic (exact) mass is 568 g/mol. The second kappa shape index (κ2) is 9.68. The van der Waals surface area contributed by atoms with Crippen molar-refractivity contribution in [2.45, 2.75) is 0 Å². The highest BCUT2D eigenvalue weighted by atomic mass is 32.1. The van der Waals surface area contributed by atoms with Crippen LogP contribution in [0.4, 0.5) is 0 Å². The number of thiophene rings is 2. The molecule has 0 aliphatic heterocycles. The van der Waals surface area contributed by atoms with Crippen molar-refractivity contribution in [1.29, 1.82) is 10.5 Å². The van der Waals surface area contributed by atoms with Gasteiger partial charge in [-0.25, -0.2) is 0 Å². The van der Waals surface area contributed by atoms with Gasteiger partial charge < -0.3 is 0 Å². The van der Waals surface area contributed by atoms with E-state index in [1.165, 1.54) is 24.9 Å². The minimum absolute atomic E-state index is 0.520. The lowest BCUT2D eigenvalue weighted by atomic mass is 9.83. The van der Waals surface area contributed by atoms with Crippen LogP contribution in [0, 0.1) is 22.7 Å². The molecule has 0 saturated heterocycles. The zero-order chi connectivity index (χ0) is 28.2. The molecule has 0 aliphatic carbocycles. The van der Waals surface area contributed by atoms with Crippen LogP contribution in [0.15, 0.2) is 121 Å². The highest BCUT2D eigenvalue weighted by molar-refractivity contribution is 7.26. The lowest BCUT2D eigenvalue weighted by molar-refractivity contribution is 1.44. The Labute approximate surface area is 250 Å². The van der Waals surface area contributed by atoms with Gasteiger partial charge in [0.25, 0.3) is 0 Å². The quantitative estimate of drug-likeness (QED) is 0.213. The first-order valence-electron chi connectivity index (χ1n) is 13.6. The van der Waals surface area contributed by atoms with E-state index in [1.807, 2.05) is 48.5 Å². The summed E-state index contributed by atoms with van der Waals surface area (Å²) in [6.07, 6.45) is 0. The lowest BCUT2D eigenvalue weighted by Crippen LogP contribution is -1.98. The molecule has 8 rings (SSSR count). The zero-order valence-corrected chi connectivity index (χ0v) is 23.9.